The van der Waals surface area contributed by atoms with Crippen LogP contribution < -0.4 is 10.1 Å². The lowest BCUT2D eigenvalue weighted by molar-refractivity contribution is 0.419. The third-order valence-corrected chi connectivity index (χ3v) is 6.04. The van der Waals surface area contributed by atoms with Crippen molar-refractivity contribution in [3.8, 4) is 16.3 Å². The topological polar surface area (TPSA) is 85.7 Å². The first-order valence-corrected chi connectivity index (χ1v) is 10.0. The molecule has 1 aromatic carbocycles. The molecule has 3 aromatic heterocycles. The van der Waals surface area contributed by atoms with Crippen LogP contribution in [-0.4, -0.2) is 32.3 Å². The molecule has 9 heteroatoms. The second kappa shape index (κ2) is 7.16. The van der Waals surface area contributed by atoms with E-state index in [4.69, 9.17) is 4.74 Å². The van der Waals surface area contributed by atoms with Gasteiger partial charge in [0.2, 0.25) is 0 Å². The van der Waals surface area contributed by atoms with E-state index in [1.807, 2.05) is 33.0 Å². The molecule has 1 atom stereocenters. The van der Waals surface area contributed by atoms with Crippen LogP contribution >= 0.6 is 22.7 Å². The quantitative estimate of drug-likeness (QED) is 0.533. The summed E-state index contributed by atoms with van der Waals surface area (Å²) in [6.07, 6.45) is 3.41. The summed E-state index contributed by atoms with van der Waals surface area (Å²) in [4.78, 5) is 14.5. The van der Waals surface area contributed by atoms with E-state index in [1.54, 1.807) is 36.1 Å². The Bertz CT molecular complexity index is 1110. The zero-order valence-corrected chi connectivity index (χ0v) is 17.0. The van der Waals surface area contributed by atoms with Crippen molar-refractivity contribution in [1.82, 2.24) is 25.1 Å². The van der Waals surface area contributed by atoms with Gasteiger partial charge in [-0.15, -0.1) is 21.5 Å². The van der Waals surface area contributed by atoms with Crippen LogP contribution in [0.1, 0.15) is 27.9 Å². The van der Waals surface area contributed by atoms with Gasteiger partial charge in [-0.05, 0) is 32.9 Å². The standard InChI is InChI=1S/C18H18N6OS2/c1-9-7-19-18(26-9)12-5-13-15(14(6-12)25-4)20-8-21-16(13)22-10(2)17-24-23-11(3)27-17/h5-8,10H,1-4H3,(H,20,21,22). The summed E-state index contributed by atoms with van der Waals surface area (Å²) in [5, 5.41) is 15.4. The summed E-state index contributed by atoms with van der Waals surface area (Å²) in [5.74, 6) is 1.42. The minimum Gasteiger partial charge on any atom is -0.494 e. The average Bonchev–Trinajstić information content (AvgIpc) is 3.29. The van der Waals surface area contributed by atoms with Crippen molar-refractivity contribution in [3.63, 3.8) is 0 Å². The number of ether oxygens (including phenoxy) is 1. The monoisotopic (exact) mass is 398 g/mol. The maximum Gasteiger partial charge on any atom is 0.145 e. The number of hydrogen-bond donors (Lipinski definition) is 1. The van der Waals surface area contributed by atoms with Crippen LogP contribution in [0.25, 0.3) is 21.5 Å². The van der Waals surface area contributed by atoms with Crippen molar-refractivity contribution in [2.75, 3.05) is 12.4 Å². The second-order valence-corrected chi connectivity index (χ2v) is 8.55. The van der Waals surface area contributed by atoms with Crippen LogP contribution in [0.5, 0.6) is 5.75 Å². The van der Waals surface area contributed by atoms with Gasteiger partial charge in [-0.1, -0.05) is 11.3 Å². The zero-order valence-electron chi connectivity index (χ0n) is 15.3. The van der Waals surface area contributed by atoms with Crippen LogP contribution in [0.2, 0.25) is 0 Å². The molecule has 1 unspecified atom stereocenters. The number of aryl methyl sites for hydroxylation is 2. The van der Waals surface area contributed by atoms with Crippen LogP contribution in [-0.2, 0) is 0 Å². The van der Waals surface area contributed by atoms with Crippen molar-refractivity contribution >= 4 is 39.4 Å². The Morgan fingerprint density at radius 3 is 2.59 bits per heavy atom. The van der Waals surface area contributed by atoms with Gasteiger partial charge in [0.1, 0.15) is 38.4 Å². The largest absolute Gasteiger partial charge is 0.494 e. The van der Waals surface area contributed by atoms with Gasteiger partial charge in [0.05, 0.1) is 13.2 Å². The first-order valence-electron chi connectivity index (χ1n) is 8.37. The molecule has 0 aliphatic carbocycles. The summed E-state index contributed by atoms with van der Waals surface area (Å²) >= 11 is 3.21. The number of hydrogen-bond acceptors (Lipinski definition) is 9. The second-order valence-electron chi connectivity index (χ2n) is 6.10. The molecule has 4 rings (SSSR count). The van der Waals surface area contributed by atoms with Gasteiger partial charge in [0, 0.05) is 22.0 Å². The molecule has 4 aromatic rings. The van der Waals surface area contributed by atoms with E-state index in [2.05, 4.69) is 36.5 Å². The molecular weight excluding hydrogens is 380 g/mol. The Morgan fingerprint density at radius 1 is 1.07 bits per heavy atom. The van der Waals surface area contributed by atoms with Crippen LogP contribution in [0.4, 0.5) is 5.82 Å². The fourth-order valence-corrected chi connectivity index (χ4v) is 4.22. The fourth-order valence-electron chi connectivity index (χ4n) is 2.77. The Morgan fingerprint density at radius 2 is 1.93 bits per heavy atom. The third kappa shape index (κ3) is 3.47. The van der Waals surface area contributed by atoms with E-state index in [0.717, 1.165) is 42.2 Å². The highest BCUT2D eigenvalue weighted by Crippen LogP contribution is 2.36. The molecule has 0 amide bonds. The van der Waals surface area contributed by atoms with E-state index in [-0.39, 0.29) is 6.04 Å². The number of benzene rings is 1. The minimum atomic E-state index is -0.0222. The SMILES string of the molecule is COc1cc(-c2ncc(C)s2)cc2c(NC(C)c3nnc(C)s3)ncnc12. The number of methoxy groups -OCH3 is 1. The van der Waals surface area contributed by atoms with E-state index in [9.17, 15) is 0 Å². The van der Waals surface area contributed by atoms with Crippen LogP contribution in [0.15, 0.2) is 24.7 Å². The molecule has 3 heterocycles. The molecule has 27 heavy (non-hydrogen) atoms. The van der Waals surface area contributed by atoms with E-state index >= 15 is 0 Å². The number of thiazole rings is 1. The molecule has 0 aliphatic rings. The van der Waals surface area contributed by atoms with E-state index < -0.39 is 0 Å². The molecule has 0 saturated carbocycles. The molecule has 7 nitrogen and oxygen atoms in total. The van der Waals surface area contributed by atoms with Crippen LogP contribution in [0, 0.1) is 13.8 Å². The first kappa shape index (κ1) is 17.7. The Hall–Kier alpha value is -2.65. The minimum absolute atomic E-state index is 0.0222. The van der Waals surface area contributed by atoms with Gasteiger partial charge in [-0.25, -0.2) is 15.0 Å². The number of aromatic nitrogens is 5. The molecule has 0 spiro atoms. The Kier molecular flexibility index (Phi) is 4.71. The van der Waals surface area contributed by atoms with Gasteiger partial charge >= 0.3 is 0 Å². The predicted molar refractivity (Wildman–Crippen MR) is 109 cm³/mol. The summed E-state index contributed by atoms with van der Waals surface area (Å²) in [6.45, 7) is 6.03. The highest BCUT2D eigenvalue weighted by Gasteiger charge is 2.17. The van der Waals surface area contributed by atoms with Crippen molar-refractivity contribution in [2.45, 2.75) is 26.8 Å². The van der Waals surface area contributed by atoms with E-state index in [0.29, 0.717) is 5.75 Å². The van der Waals surface area contributed by atoms with Gasteiger partial charge in [0.15, 0.2) is 0 Å². The first-order chi connectivity index (χ1) is 13.0. The summed E-state index contributed by atoms with van der Waals surface area (Å²) in [5.41, 5.74) is 1.74. The van der Waals surface area contributed by atoms with Gasteiger partial charge < -0.3 is 10.1 Å². The molecule has 1 N–H and O–H groups in total. The van der Waals surface area contributed by atoms with Gasteiger partial charge in [-0.3, -0.25) is 0 Å². The molecule has 0 radical (unpaired) electrons. The molecule has 0 fully saturated rings. The van der Waals surface area contributed by atoms with Gasteiger partial charge in [0.25, 0.3) is 0 Å². The lowest BCUT2D eigenvalue weighted by atomic mass is 10.1. The Labute approximate surface area is 164 Å². The predicted octanol–water partition coefficient (Wildman–Crippen LogP) is 4.40. The summed E-state index contributed by atoms with van der Waals surface area (Å²) in [7, 11) is 1.65. The lowest BCUT2D eigenvalue weighted by Crippen LogP contribution is -2.08. The number of nitrogens with one attached hydrogen (secondary N) is 1. The van der Waals surface area contributed by atoms with Crippen molar-refractivity contribution in [3.05, 3.63) is 39.5 Å². The highest BCUT2D eigenvalue weighted by atomic mass is 32.1. The summed E-state index contributed by atoms with van der Waals surface area (Å²) in [6, 6.07) is 4.00. The van der Waals surface area contributed by atoms with Crippen molar-refractivity contribution in [2.24, 2.45) is 0 Å². The third-order valence-electron chi connectivity index (χ3n) is 4.06. The molecule has 0 bridgehead atoms. The molecule has 0 saturated heterocycles. The molecule has 138 valence electrons. The molecular formula is C18H18N6OS2. The zero-order chi connectivity index (χ0) is 19.0. The normalized spacial score (nSPS) is 12.3. The number of rotatable bonds is 5. The maximum absolute atomic E-state index is 5.58. The smallest absolute Gasteiger partial charge is 0.145 e. The van der Waals surface area contributed by atoms with Crippen molar-refractivity contribution in [1.29, 1.82) is 0 Å². The van der Waals surface area contributed by atoms with Crippen LogP contribution in [0.3, 0.4) is 0 Å². The summed E-state index contributed by atoms with van der Waals surface area (Å²) < 4.78 is 5.58. The lowest BCUT2D eigenvalue weighted by Gasteiger charge is -2.15. The number of nitrogens with zero attached hydrogens (tertiary/aromatic N) is 5. The molecule has 0 aliphatic heterocycles. The number of fused-ring (bicyclic) bond motifs is 1. The van der Waals surface area contributed by atoms with E-state index in [1.165, 1.54) is 0 Å². The average molecular weight is 399 g/mol. The number of anilines is 1. The maximum atomic E-state index is 5.58. The fraction of sp³-hybridized carbons (Fsp3) is 0.278. The van der Waals surface area contributed by atoms with Crippen molar-refractivity contribution < 1.29 is 4.74 Å². The van der Waals surface area contributed by atoms with Gasteiger partial charge in [-0.2, -0.15) is 0 Å². The Balaban J connectivity index is 1.80. The highest BCUT2D eigenvalue weighted by molar-refractivity contribution is 7.15.